The van der Waals surface area contributed by atoms with E-state index in [1.54, 1.807) is 20.3 Å². The van der Waals surface area contributed by atoms with E-state index in [2.05, 4.69) is 17.0 Å². The summed E-state index contributed by atoms with van der Waals surface area (Å²) in [5.41, 5.74) is 3.75. The second-order valence-electron chi connectivity index (χ2n) is 7.82. The zero-order valence-electron chi connectivity index (χ0n) is 19.4. The molecule has 9 heteroatoms. The minimum absolute atomic E-state index is 0.0489. The number of nitrogens with one attached hydrogen (secondary N) is 1. The number of carbonyl (C=O) groups is 1. The number of carbonyl (C=O) groups excluding carboxylic acids is 1. The van der Waals surface area contributed by atoms with Gasteiger partial charge in [0.05, 0.1) is 25.5 Å². The molecule has 0 atom stereocenters. The van der Waals surface area contributed by atoms with Crippen LogP contribution in [0.3, 0.4) is 0 Å². The zero-order chi connectivity index (χ0) is 23.7. The summed E-state index contributed by atoms with van der Waals surface area (Å²) in [6.07, 6.45) is 4.61. The summed E-state index contributed by atoms with van der Waals surface area (Å²) in [6.45, 7) is 6.07. The third-order valence-electron chi connectivity index (χ3n) is 5.64. The highest BCUT2D eigenvalue weighted by atomic mass is 32.2. The van der Waals surface area contributed by atoms with Gasteiger partial charge in [-0.05, 0) is 68.3 Å². The van der Waals surface area contributed by atoms with Gasteiger partial charge in [-0.15, -0.1) is 0 Å². The fraction of sp³-hybridized carbons (Fsp3) is 0.333. The van der Waals surface area contributed by atoms with Crippen molar-refractivity contribution in [2.45, 2.75) is 40.0 Å². The number of aliphatic imine (C=N–C) groups is 1. The largest absolute Gasteiger partial charge is 0.497 e. The van der Waals surface area contributed by atoms with Gasteiger partial charge < -0.3 is 14.0 Å². The molecule has 33 heavy (non-hydrogen) atoms. The molecule has 0 aliphatic carbocycles. The Balaban J connectivity index is 1.73. The number of unbranched alkanes of at least 4 members (excludes halogenated alkanes) is 1. The molecule has 1 aromatic heterocycles. The van der Waals surface area contributed by atoms with Gasteiger partial charge in [-0.3, -0.25) is 10.2 Å². The Morgan fingerprint density at radius 3 is 2.67 bits per heavy atom. The van der Waals surface area contributed by atoms with E-state index >= 15 is 0 Å². The lowest BCUT2D eigenvalue weighted by molar-refractivity contribution is -0.114. The van der Waals surface area contributed by atoms with E-state index in [1.165, 1.54) is 16.8 Å². The molecular weight excluding hydrogens is 438 g/mol. The molecule has 1 amide bonds. The first-order valence-electron chi connectivity index (χ1n) is 10.8. The standard InChI is InChI=1S/C24H27N5O3S/c1-6-7-8-21-27-29-22(25)18(23(30)26-24(29)33-21)12-16-11-14(2)28(15(16)3)19-13-17(31-4)9-10-20(19)32-5/h9-13,25H,6-8H2,1-5H3. The van der Waals surface area contributed by atoms with Gasteiger partial charge in [-0.1, -0.05) is 13.3 Å². The number of aryl methyl sites for hydroxylation is 1. The van der Waals surface area contributed by atoms with Crippen LogP contribution in [0.4, 0.5) is 0 Å². The van der Waals surface area contributed by atoms with Gasteiger partial charge in [0.25, 0.3) is 5.91 Å². The lowest BCUT2D eigenvalue weighted by Gasteiger charge is -2.20. The van der Waals surface area contributed by atoms with E-state index in [0.29, 0.717) is 16.7 Å². The van der Waals surface area contributed by atoms with E-state index < -0.39 is 5.91 Å². The summed E-state index contributed by atoms with van der Waals surface area (Å²) in [4.78, 5) is 17.0. The lowest BCUT2D eigenvalue weighted by atomic mass is 10.1. The molecule has 8 nitrogen and oxygen atoms in total. The molecule has 0 radical (unpaired) electrons. The van der Waals surface area contributed by atoms with Gasteiger partial charge in [0, 0.05) is 17.5 Å². The summed E-state index contributed by atoms with van der Waals surface area (Å²) < 4.78 is 13.0. The molecule has 2 aromatic rings. The van der Waals surface area contributed by atoms with Crippen molar-refractivity contribution in [3.8, 4) is 17.2 Å². The Morgan fingerprint density at radius 1 is 1.18 bits per heavy atom. The highest BCUT2D eigenvalue weighted by Gasteiger charge is 2.35. The van der Waals surface area contributed by atoms with Gasteiger partial charge in [-0.25, -0.2) is 0 Å². The van der Waals surface area contributed by atoms with Crippen LogP contribution in [-0.4, -0.2) is 45.7 Å². The van der Waals surface area contributed by atoms with Crippen molar-refractivity contribution in [3.05, 3.63) is 46.8 Å². The van der Waals surface area contributed by atoms with Crippen molar-refractivity contribution in [3.63, 3.8) is 0 Å². The molecule has 0 saturated heterocycles. The number of fused-ring (bicyclic) bond motifs is 1. The number of amides is 1. The maximum Gasteiger partial charge on any atom is 0.283 e. The monoisotopic (exact) mass is 465 g/mol. The number of ether oxygens (including phenoxy) is 2. The number of rotatable bonds is 7. The number of amidine groups is 2. The van der Waals surface area contributed by atoms with Crippen LogP contribution < -0.4 is 9.47 Å². The Labute approximate surface area is 197 Å². The van der Waals surface area contributed by atoms with Gasteiger partial charge in [-0.2, -0.15) is 15.1 Å². The van der Waals surface area contributed by atoms with Crippen LogP contribution in [-0.2, 0) is 4.79 Å². The molecule has 0 unspecified atom stereocenters. The Kier molecular flexibility index (Phi) is 6.42. The number of nitrogens with zero attached hydrogens (tertiary/aromatic N) is 4. The van der Waals surface area contributed by atoms with E-state index in [0.717, 1.165) is 46.9 Å². The maximum atomic E-state index is 12.8. The topological polar surface area (TPSA) is 92.3 Å². The van der Waals surface area contributed by atoms with E-state index in [-0.39, 0.29) is 11.4 Å². The second-order valence-corrected chi connectivity index (χ2v) is 8.86. The maximum absolute atomic E-state index is 12.8. The molecule has 0 spiro atoms. The van der Waals surface area contributed by atoms with Crippen LogP contribution in [0.5, 0.6) is 11.5 Å². The number of hydrogen-bond acceptors (Lipinski definition) is 6. The highest BCUT2D eigenvalue weighted by Crippen LogP contribution is 2.34. The SMILES string of the molecule is CCCCC1=NN2C(=N)C(=Cc3cc(C)n(-c4cc(OC)ccc4OC)c3C)C(=O)N=C2S1. The molecule has 172 valence electrons. The van der Waals surface area contributed by atoms with Crippen molar-refractivity contribution in [1.82, 2.24) is 9.58 Å². The average Bonchev–Trinajstić information content (AvgIpc) is 3.34. The summed E-state index contributed by atoms with van der Waals surface area (Å²) in [7, 11) is 3.25. The first-order chi connectivity index (χ1) is 15.9. The van der Waals surface area contributed by atoms with Gasteiger partial charge >= 0.3 is 0 Å². The first kappa shape index (κ1) is 22.8. The van der Waals surface area contributed by atoms with E-state index in [9.17, 15) is 4.79 Å². The molecular formula is C24H27N5O3S. The molecule has 2 aliphatic heterocycles. The molecule has 1 aromatic carbocycles. The normalized spacial score (nSPS) is 16.8. The minimum Gasteiger partial charge on any atom is -0.497 e. The van der Waals surface area contributed by atoms with Gasteiger partial charge in [0.2, 0.25) is 5.17 Å². The van der Waals surface area contributed by atoms with Crippen LogP contribution in [0.2, 0.25) is 0 Å². The van der Waals surface area contributed by atoms with Crippen molar-refractivity contribution in [2.24, 2.45) is 10.1 Å². The van der Waals surface area contributed by atoms with Gasteiger partial charge in [0.15, 0.2) is 5.84 Å². The predicted molar refractivity (Wildman–Crippen MR) is 133 cm³/mol. The smallest absolute Gasteiger partial charge is 0.283 e. The van der Waals surface area contributed by atoms with Crippen LogP contribution >= 0.6 is 11.8 Å². The summed E-state index contributed by atoms with van der Waals surface area (Å²) in [6, 6.07) is 7.60. The lowest BCUT2D eigenvalue weighted by Crippen LogP contribution is -2.35. The minimum atomic E-state index is -0.422. The summed E-state index contributed by atoms with van der Waals surface area (Å²) in [5.74, 6) is 1.05. The van der Waals surface area contributed by atoms with Crippen LogP contribution in [0, 0.1) is 19.3 Å². The van der Waals surface area contributed by atoms with Crippen molar-refractivity contribution < 1.29 is 14.3 Å². The number of methoxy groups -OCH3 is 2. The third-order valence-corrected chi connectivity index (χ3v) is 6.61. The van der Waals surface area contributed by atoms with Crippen LogP contribution in [0.25, 0.3) is 11.8 Å². The number of hydrazone groups is 1. The molecule has 2 aliphatic rings. The molecule has 0 fully saturated rings. The highest BCUT2D eigenvalue weighted by molar-refractivity contribution is 8.26. The molecule has 1 N–H and O–H groups in total. The number of thioether (sulfide) groups is 1. The Hall–Kier alpha value is -3.33. The van der Waals surface area contributed by atoms with Crippen LogP contribution in [0.15, 0.2) is 39.9 Å². The summed E-state index contributed by atoms with van der Waals surface area (Å²) >= 11 is 1.37. The zero-order valence-corrected chi connectivity index (χ0v) is 20.2. The molecule has 0 bridgehead atoms. The Bertz CT molecular complexity index is 1220. The number of aromatic nitrogens is 1. The fourth-order valence-electron chi connectivity index (χ4n) is 3.89. The Morgan fingerprint density at radius 2 is 1.97 bits per heavy atom. The predicted octanol–water partition coefficient (Wildman–Crippen LogP) is 4.92. The molecule has 0 saturated carbocycles. The molecule has 3 heterocycles. The quantitative estimate of drug-likeness (QED) is 0.586. The number of benzene rings is 1. The molecule has 4 rings (SSSR count). The van der Waals surface area contributed by atoms with Crippen molar-refractivity contribution in [1.29, 1.82) is 5.41 Å². The first-order valence-corrected chi connectivity index (χ1v) is 11.6. The van der Waals surface area contributed by atoms with E-state index in [4.69, 9.17) is 14.9 Å². The average molecular weight is 466 g/mol. The summed E-state index contributed by atoms with van der Waals surface area (Å²) in [5, 5.41) is 16.0. The van der Waals surface area contributed by atoms with Crippen LogP contribution in [0.1, 0.15) is 43.1 Å². The van der Waals surface area contributed by atoms with Crippen molar-refractivity contribution >= 4 is 39.8 Å². The van der Waals surface area contributed by atoms with Gasteiger partial charge in [0.1, 0.15) is 16.5 Å². The fourth-order valence-corrected chi connectivity index (χ4v) is 4.82. The van der Waals surface area contributed by atoms with Crippen molar-refractivity contribution in [2.75, 3.05) is 14.2 Å². The number of hydrogen-bond donors (Lipinski definition) is 1. The van der Waals surface area contributed by atoms with E-state index in [1.807, 2.05) is 42.7 Å². The third kappa shape index (κ3) is 4.20. The second kappa shape index (κ2) is 9.27.